The molecule has 0 amide bonds. The summed E-state index contributed by atoms with van der Waals surface area (Å²) in [5.41, 5.74) is 0. The first-order valence-electron chi connectivity index (χ1n) is 4.21. The van der Waals surface area contributed by atoms with Crippen molar-refractivity contribution in [3.05, 3.63) is 5.82 Å². The molecule has 0 spiro atoms. The van der Waals surface area contributed by atoms with Crippen molar-refractivity contribution in [1.82, 2.24) is 9.36 Å². The van der Waals surface area contributed by atoms with Crippen molar-refractivity contribution in [3.63, 3.8) is 0 Å². The fourth-order valence-corrected chi connectivity index (χ4v) is 2.85. The van der Waals surface area contributed by atoms with Crippen LogP contribution in [0.15, 0.2) is 0 Å². The molecule has 1 rings (SSSR count). The summed E-state index contributed by atoms with van der Waals surface area (Å²) >= 11 is 0.954. The molecule has 1 atom stereocenters. The first-order chi connectivity index (χ1) is 6.99. The van der Waals surface area contributed by atoms with E-state index >= 15 is 0 Å². The van der Waals surface area contributed by atoms with Crippen molar-refractivity contribution >= 4 is 26.7 Å². The zero-order valence-corrected chi connectivity index (χ0v) is 9.89. The first kappa shape index (κ1) is 11.9. The summed E-state index contributed by atoms with van der Waals surface area (Å²) in [5, 5.41) is 7.78. The largest absolute Gasteiger partial charge is 0.256 e. The second-order valence-electron chi connectivity index (χ2n) is 2.82. The van der Waals surface area contributed by atoms with Crippen LogP contribution < -0.4 is 4.72 Å². The second kappa shape index (κ2) is 4.55. The number of anilines is 1. The van der Waals surface area contributed by atoms with E-state index in [1.54, 1.807) is 19.9 Å². The summed E-state index contributed by atoms with van der Waals surface area (Å²) in [7, 11) is -3.67. The van der Waals surface area contributed by atoms with Gasteiger partial charge in [0.25, 0.3) is 10.0 Å². The monoisotopic (exact) mass is 246 g/mol. The van der Waals surface area contributed by atoms with E-state index in [2.05, 4.69) is 14.1 Å². The standard InChI is InChI=1S/C7H10N4O2S2/c1-3-6(4-8)15(12,13)11-7-9-5(2)10-14-7/h6H,3H2,1-2H3,(H,9,10,11). The maximum absolute atomic E-state index is 11.6. The van der Waals surface area contributed by atoms with E-state index in [1.807, 2.05) is 0 Å². The third-order valence-electron chi connectivity index (χ3n) is 1.65. The number of aryl methyl sites for hydroxylation is 1. The van der Waals surface area contributed by atoms with Gasteiger partial charge >= 0.3 is 0 Å². The molecule has 1 aromatic rings. The molecule has 0 aliphatic rings. The number of sulfonamides is 1. The van der Waals surface area contributed by atoms with Crippen LogP contribution in [0.5, 0.6) is 0 Å². The maximum atomic E-state index is 11.6. The van der Waals surface area contributed by atoms with Gasteiger partial charge in [-0.1, -0.05) is 6.92 Å². The highest BCUT2D eigenvalue weighted by Crippen LogP contribution is 2.15. The van der Waals surface area contributed by atoms with Gasteiger partial charge in [-0.2, -0.15) is 9.64 Å². The Bertz CT molecular complexity index is 473. The van der Waals surface area contributed by atoms with Gasteiger partial charge in [0.1, 0.15) is 5.82 Å². The van der Waals surface area contributed by atoms with Gasteiger partial charge in [0.2, 0.25) is 5.13 Å². The maximum Gasteiger partial charge on any atom is 0.250 e. The molecule has 0 aliphatic heterocycles. The van der Waals surface area contributed by atoms with E-state index in [9.17, 15) is 8.42 Å². The predicted octanol–water partition coefficient (Wildman–Crippen LogP) is 0.890. The van der Waals surface area contributed by atoms with Gasteiger partial charge in [-0.05, 0) is 13.3 Å². The summed E-state index contributed by atoms with van der Waals surface area (Å²) in [4.78, 5) is 3.85. The lowest BCUT2D eigenvalue weighted by Crippen LogP contribution is -2.25. The number of nitrogens with one attached hydrogen (secondary N) is 1. The number of aromatic nitrogens is 2. The lowest BCUT2D eigenvalue weighted by atomic mass is 10.4. The normalized spacial score (nSPS) is 13.1. The molecule has 0 bridgehead atoms. The van der Waals surface area contributed by atoms with Crippen LogP contribution >= 0.6 is 11.5 Å². The van der Waals surface area contributed by atoms with Crippen LogP contribution in [0.3, 0.4) is 0 Å². The van der Waals surface area contributed by atoms with Gasteiger partial charge in [0.15, 0.2) is 5.25 Å². The van der Waals surface area contributed by atoms with E-state index < -0.39 is 15.3 Å². The molecule has 0 radical (unpaired) electrons. The molecule has 82 valence electrons. The topological polar surface area (TPSA) is 95.7 Å². The van der Waals surface area contributed by atoms with Crippen LogP contribution in [0.25, 0.3) is 0 Å². The molecule has 0 aliphatic carbocycles. The van der Waals surface area contributed by atoms with Crippen LogP contribution in [0, 0.1) is 18.3 Å². The van der Waals surface area contributed by atoms with E-state index in [0.717, 1.165) is 11.5 Å². The molecule has 8 heteroatoms. The summed E-state index contributed by atoms with van der Waals surface area (Å²) in [6.45, 7) is 3.30. The Morgan fingerprint density at radius 3 is 2.73 bits per heavy atom. The highest BCUT2D eigenvalue weighted by molar-refractivity contribution is 7.93. The molecule has 0 fully saturated rings. The van der Waals surface area contributed by atoms with Gasteiger partial charge < -0.3 is 0 Å². The molecular weight excluding hydrogens is 236 g/mol. The third-order valence-corrected chi connectivity index (χ3v) is 4.16. The Kier molecular flexibility index (Phi) is 3.60. The zero-order valence-electron chi connectivity index (χ0n) is 8.26. The molecule has 1 unspecified atom stereocenters. The Hall–Kier alpha value is -1.20. The third kappa shape index (κ3) is 2.87. The smallest absolute Gasteiger partial charge is 0.250 e. The van der Waals surface area contributed by atoms with Crippen molar-refractivity contribution in [1.29, 1.82) is 5.26 Å². The fraction of sp³-hybridized carbons (Fsp3) is 0.571. The minimum absolute atomic E-state index is 0.196. The Morgan fingerprint density at radius 2 is 2.33 bits per heavy atom. The van der Waals surface area contributed by atoms with Gasteiger partial charge in [-0.25, -0.2) is 13.4 Å². The molecule has 1 N–H and O–H groups in total. The quantitative estimate of drug-likeness (QED) is 0.851. The van der Waals surface area contributed by atoms with Crippen LogP contribution in [0.1, 0.15) is 19.2 Å². The lowest BCUT2D eigenvalue weighted by molar-refractivity contribution is 0.593. The van der Waals surface area contributed by atoms with Gasteiger partial charge in [-0.3, -0.25) is 4.72 Å². The average molecular weight is 246 g/mol. The highest BCUT2D eigenvalue weighted by Gasteiger charge is 2.24. The highest BCUT2D eigenvalue weighted by atomic mass is 32.2. The fourth-order valence-electron chi connectivity index (χ4n) is 0.911. The van der Waals surface area contributed by atoms with Crippen LogP contribution in [0.4, 0.5) is 5.13 Å². The second-order valence-corrected chi connectivity index (χ2v) is 5.43. The van der Waals surface area contributed by atoms with Crippen molar-refractivity contribution in [2.24, 2.45) is 0 Å². The van der Waals surface area contributed by atoms with Gasteiger partial charge in [0, 0.05) is 11.5 Å². The Balaban J connectivity index is 2.86. The van der Waals surface area contributed by atoms with E-state index in [4.69, 9.17) is 5.26 Å². The summed E-state index contributed by atoms with van der Waals surface area (Å²) in [6.07, 6.45) is 0.240. The molecule has 0 saturated carbocycles. The molecule has 0 aromatic carbocycles. The van der Waals surface area contributed by atoms with Crippen LogP contribution in [-0.4, -0.2) is 23.0 Å². The number of nitrogens with zero attached hydrogens (tertiary/aromatic N) is 3. The van der Waals surface area contributed by atoms with E-state index in [1.165, 1.54) is 0 Å². The summed E-state index contributed by atoms with van der Waals surface area (Å²) < 4.78 is 29.2. The Morgan fingerprint density at radius 1 is 1.67 bits per heavy atom. The van der Waals surface area contributed by atoms with E-state index in [-0.39, 0.29) is 11.6 Å². The minimum atomic E-state index is -3.67. The number of hydrogen-bond donors (Lipinski definition) is 1. The van der Waals surface area contributed by atoms with Crippen molar-refractivity contribution in [2.45, 2.75) is 25.5 Å². The van der Waals surface area contributed by atoms with Gasteiger partial charge in [-0.15, -0.1) is 0 Å². The predicted molar refractivity (Wildman–Crippen MR) is 56.9 cm³/mol. The lowest BCUT2D eigenvalue weighted by Gasteiger charge is -2.07. The van der Waals surface area contributed by atoms with Gasteiger partial charge in [0.05, 0.1) is 6.07 Å². The SMILES string of the molecule is CCC(C#N)S(=O)(=O)Nc1nc(C)ns1. The molecule has 0 saturated heterocycles. The molecule has 1 heterocycles. The summed E-state index contributed by atoms with van der Waals surface area (Å²) in [5.74, 6) is 0.503. The number of hydrogen-bond acceptors (Lipinski definition) is 6. The average Bonchev–Trinajstić information content (AvgIpc) is 2.51. The number of rotatable bonds is 4. The number of nitriles is 1. The van der Waals surface area contributed by atoms with Crippen LogP contribution in [0.2, 0.25) is 0 Å². The van der Waals surface area contributed by atoms with Crippen molar-refractivity contribution < 1.29 is 8.42 Å². The zero-order chi connectivity index (χ0) is 11.5. The molecular formula is C7H10N4O2S2. The van der Waals surface area contributed by atoms with Crippen LogP contribution in [-0.2, 0) is 10.0 Å². The molecule has 6 nitrogen and oxygen atoms in total. The first-order valence-corrected chi connectivity index (χ1v) is 6.53. The Labute approximate surface area is 92.2 Å². The van der Waals surface area contributed by atoms with Crippen molar-refractivity contribution in [3.8, 4) is 6.07 Å². The van der Waals surface area contributed by atoms with E-state index in [0.29, 0.717) is 5.82 Å². The minimum Gasteiger partial charge on any atom is -0.256 e. The van der Waals surface area contributed by atoms with Crippen molar-refractivity contribution in [2.75, 3.05) is 4.72 Å². The molecule has 15 heavy (non-hydrogen) atoms. The summed E-state index contributed by atoms with van der Waals surface area (Å²) in [6, 6.07) is 1.73. The molecule has 1 aromatic heterocycles.